The van der Waals surface area contributed by atoms with Gasteiger partial charge in [-0.15, -0.1) is 0 Å². The van der Waals surface area contributed by atoms with Crippen LogP contribution in [0.15, 0.2) is 35.0 Å². The topological polar surface area (TPSA) is 60.2 Å². The second-order valence-corrected chi connectivity index (χ2v) is 4.20. The van der Waals surface area contributed by atoms with Crippen LogP contribution in [0.2, 0.25) is 0 Å². The van der Waals surface area contributed by atoms with Crippen LogP contribution in [0.25, 0.3) is 5.70 Å². The van der Waals surface area contributed by atoms with Gasteiger partial charge in [0.05, 0.1) is 5.70 Å². The fourth-order valence-electron chi connectivity index (χ4n) is 1.92. The van der Waals surface area contributed by atoms with Crippen molar-refractivity contribution >= 4 is 5.70 Å². The monoisotopic (exact) mass is 261 g/mol. The molecule has 2 aromatic rings. The number of benzene rings is 1. The van der Waals surface area contributed by atoms with E-state index in [1.54, 1.807) is 18.2 Å². The highest BCUT2D eigenvalue weighted by Crippen LogP contribution is 2.21. The van der Waals surface area contributed by atoms with Crippen molar-refractivity contribution in [3.63, 3.8) is 0 Å². The maximum absolute atomic E-state index is 13.4. The highest BCUT2D eigenvalue weighted by atomic mass is 19.1. The summed E-state index contributed by atoms with van der Waals surface area (Å²) in [7, 11) is 0. The van der Waals surface area contributed by atoms with E-state index in [1.807, 2.05) is 6.08 Å². The Hall–Kier alpha value is -2.21. The predicted molar refractivity (Wildman–Crippen MR) is 64.9 cm³/mol. The Kier molecular flexibility index (Phi) is 3.24. The molecule has 3 rings (SSSR count). The van der Waals surface area contributed by atoms with Crippen molar-refractivity contribution in [2.75, 3.05) is 0 Å². The van der Waals surface area contributed by atoms with Gasteiger partial charge in [0, 0.05) is 5.56 Å². The van der Waals surface area contributed by atoms with Gasteiger partial charge in [-0.2, -0.15) is 0 Å². The van der Waals surface area contributed by atoms with Crippen LogP contribution >= 0.6 is 0 Å². The van der Waals surface area contributed by atoms with Gasteiger partial charge in [-0.05, 0) is 24.1 Å². The molecule has 1 heterocycles. The Labute approximate surface area is 109 Å². The van der Waals surface area contributed by atoms with Gasteiger partial charge >= 0.3 is 0 Å². The lowest BCUT2D eigenvalue weighted by Gasteiger charge is -2.12. The number of aromatic nitrogens is 2. The van der Waals surface area contributed by atoms with E-state index in [0.717, 1.165) is 18.5 Å². The molecule has 1 aromatic carbocycles. The van der Waals surface area contributed by atoms with Gasteiger partial charge in [0.25, 0.3) is 0 Å². The first-order valence-corrected chi connectivity index (χ1v) is 5.98. The maximum atomic E-state index is 13.4. The molecule has 1 aliphatic rings. The maximum Gasteiger partial charge on any atom is 0.156 e. The molecule has 0 amide bonds. The average molecular weight is 261 g/mol. The number of halogens is 1. The van der Waals surface area contributed by atoms with Crippen molar-refractivity contribution in [3.8, 4) is 0 Å². The molecular weight excluding hydrogens is 249 g/mol. The molecule has 19 heavy (non-hydrogen) atoms. The molecule has 0 radical (unpaired) electrons. The number of hydrogen-bond donors (Lipinski definition) is 1. The van der Waals surface area contributed by atoms with Crippen LogP contribution in [0, 0.1) is 5.82 Å². The Morgan fingerprint density at radius 2 is 2.21 bits per heavy atom. The van der Waals surface area contributed by atoms with Gasteiger partial charge in [0.15, 0.2) is 5.69 Å². The highest BCUT2D eigenvalue weighted by Gasteiger charge is 2.18. The summed E-state index contributed by atoms with van der Waals surface area (Å²) >= 11 is 0. The fourth-order valence-corrected chi connectivity index (χ4v) is 1.92. The summed E-state index contributed by atoms with van der Waals surface area (Å²) in [6.07, 6.45) is 3.60. The van der Waals surface area contributed by atoms with Crippen molar-refractivity contribution in [3.05, 3.63) is 53.1 Å². The number of rotatable bonds is 4. The zero-order chi connectivity index (χ0) is 13.1. The second-order valence-electron chi connectivity index (χ2n) is 4.20. The molecule has 0 bridgehead atoms. The summed E-state index contributed by atoms with van der Waals surface area (Å²) in [5.41, 5.74) is 5.43. The number of nitrogens with zero attached hydrogens (tertiary/aromatic N) is 2. The van der Waals surface area contributed by atoms with E-state index < -0.39 is 0 Å². The molecule has 1 aliphatic carbocycles. The predicted octanol–water partition coefficient (Wildman–Crippen LogP) is 2.22. The summed E-state index contributed by atoms with van der Waals surface area (Å²) in [5.74, 6) is -0.286. The number of hydroxylamine groups is 1. The number of hydrogen-bond acceptors (Lipinski definition) is 5. The molecule has 0 saturated carbocycles. The lowest BCUT2D eigenvalue weighted by atomic mass is 10.1. The summed E-state index contributed by atoms with van der Waals surface area (Å²) in [5, 5.41) is 7.62. The van der Waals surface area contributed by atoms with Crippen LogP contribution in [0.5, 0.6) is 0 Å². The molecule has 1 aromatic heterocycles. The van der Waals surface area contributed by atoms with E-state index in [1.165, 1.54) is 6.07 Å². The third-order valence-electron chi connectivity index (χ3n) is 2.91. The number of aryl methyl sites for hydroxylation is 1. The minimum atomic E-state index is -0.286. The third kappa shape index (κ3) is 2.48. The SMILES string of the molecule is Fc1ccccc1CONC1=CCCc2nonc21. The van der Waals surface area contributed by atoms with Crippen molar-refractivity contribution in [1.82, 2.24) is 15.8 Å². The van der Waals surface area contributed by atoms with Crippen molar-refractivity contribution in [2.45, 2.75) is 19.4 Å². The first-order valence-electron chi connectivity index (χ1n) is 5.98. The molecule has 0 saturated heterocycles. The van der Waals surface area contributed by atoms with Crippen LogP contribution in [0.4, 0.5) is 4.39 Å². The normalized spacial score (nSPS) is 13.8. The van der Waals surface area contributed by atoms with Crippen molar-refractivity contribution < 1.29 is 13.9 Å². The molecule has 0 spiro atoms. The van der Waals surface area contributed by atoms with E-state index in [0.29, 0.717) is 17.0 Å². The number of nitrogens with one attached hydrogen (secondary N) is 1. The second kappa shape index (κ2) is 5.19. The molecule has 0 atom stereocenters. The Balaban J connectivity index is 1.62. The lowest BCUT2D eigenvalue weighted by Crippen LogP contribution is -2.16. The quantitative estimate of drug-likeness (QED) is 0.855. The van der Waals surface area contributed by atoms with E-state index in [2.05, 4.69) is 20.4 Å². The van der Waals surface area contributed by atoms with Gasteiger partial charge in [-0.1, -0.05) is 29.4 Å². The first kappa shape index (κ1) is 11.9. The van der Waals surface area contributed by atoms with E-state index in [4.69, 9.17) is 4.84 Å². The summed E-state index contributed by atoms with van der Waals surface area (Å²) in [4.78, 5) is 5.30. The van der Waals surface area contributed by atoms with Crippen molar-refractivity contribution in [1.29, 1.82) is 0 Å². The van der Waals surface area contributed by atoms with Gasteiger partial charge < -0.3 is 0 Å². The van der Waals surface area contributed by atoms with E-state index >= 15 is 0 Å². The van der Waals surface area contributed by atoms with Gasteiger partial charge in [0.1, 0.15) is 18.1 Å². The largest absolute Gasteiger partial charge is 0.271 e. The summed E-state index contributed by atoms with van der Waals surface area (Å²) in [6, 6.07) is 6.48. The van der Waals surface area contributed by atoms with E-state index in [-0.39, 0.29) is 12.4 Å². The van der Waals surface area contributed by atoms with E-state index in [9.17, 15) is 4.39 Å². The van der Waals surface area contributed by atoms with Crippen LogP contribution in [-0.2, 0) is 17.9 Å². The standard InChI is InChI=1S/C13H12FN3O2/c14-10-5-2-1-4-9(10)8-18-15-11-6-3-7-12-13(11)17-19-16-12/h1-2,4-6,15H,3,7-8H2. The van der Waals surface area contributed by atoms with Crippen LogP contribution < -0.4 is 5.48 Å². The third-order valence-corrected chi connectivity index (χ3v) is 2.91. The first-order chi connectivity index (χ1) is 9.34. The van der Waals surface area contributed by atoms with Crippen LogP contribution in [0.3, 0.4) is 0 Å². The molecular formula is C13H12FN3O2. The van der Waals surface area contributed by atoms with Gasteiger partial charge in [-0.3, -0.25) is 10.3 Å². The zero-order valence-electron chi connectivity index (χ0n) is 10.1. The average Bonchev–Trinajstić information content (AvgIpc) is 2.90. The number of fused-ring (bicyclic) bond motifs is 1. The fraction of sp³-hybridized carbons (Fsp3) is 0.231. The molecule has 0 aliphatic heterocycles. The summed E-state index contributed by atoms with van der Waals surface area (Å²) < 4.78 is 18.1. The minimum Gasteiger partial charge on any atom is -0.271 e. The lowest BCUT2D eigenvalue weighted by molar-refractivity contribution is 0.0621. The smallest absolute Gasteiger partial charge is 0.156 e. The molecule has 1 N–H and O–H groups in total. The van der Waals surface area contributed by atoms with Gasteiger partial charge in [-0.25, -0.2) is 9.02 Å². The molecule has 6 heteroatoms. The Bertz CT molecular complexity index is 609. The highest BCUT2D eigenvalue weighted by molar-refractivity contribution is 5.62. The van der Waals surface area contributed by atoms with Crippen LogP contribution in [-0.4, -0.2) is 10.3 Å². The number of allylic oxidation sites excluding steroid dienone is 1. The zero-order valence-corrected chi connectivity index (χ0v) is 10.1. The van der Waals surface area contributed by atoms with Crippen LogP contribution in [0.1, 0.15) is 23.4 Å². The molecule has 0 fully saturated rings. The van der Waals surface area contributed by atoms with Crippen molar-refractivity contribution in [2.24, 2.45) is 0 Å². The Morgan fingerprint density at radius 3 is 3.11 bits per heavy atom. The minimum absolute atomic E-state index is 0.130. The van der Waals surface area contributed by atoms with Gasteiger partial charge in [0.2, 0.25) is 0 Å². The Morgan fingerprint density at radius 1 is 1.32 bits per heavy atom. The molecule has 0 unspecified atom stereocenters. The summed E-state index contributed by atoms with van der Waals surface area (Å²) in [6.45, 7) is 0.130. The molecule has 5 nitrogen and oxygen atoms in total. The molecule has 98 valence electrons.